The lowest BCUT2D eigenvalue weighted by molar-refractivity contribution is -0.128. The second-order valence-electron chi connectivity index (χ2n) is 19.0. The maximum absolute atomic E-state index is 13.8. The van der Waals surface area contributed by atoms with Crippen molar-refractivity contribution >= 4 is 59.4 Å². The van der Waals surface area contributed by atoms with Crippen molar-refractivity contribution < 1.29 is 52.4 Å². The van der Waals surface area contributed by atoms with Crippen LogP contribution in [-0.4, -0.2) is 116 Å². The van der Waals surface area contributed by atoms with E-state index in [0.717, 1.165) is 49.1 Å². The number of carbonyl (C=O) groups is 5. The van der Waals surface area contributed by atoms with Gasteiger partial charge in [-0.1, -0.05) is 49.8 Å². The summed E-state index contributed by atoms with van der Waals surface area (Å²) < 4.78 is 34.8. The predicted octanol–water partition coefficient (Wildman–Crippen LogP) is 8.43. The molecule has 3 aromatic carbocycles. The molecule has 0 aromatic heterocycles. The molecule has 0 bridgehead atoms. The molecule has 394 valence electrons. The third kappa shape index (κ3) is 14.4. The lowest BCUT2D eigenvalue weighted by Gasteiger charge is -2.23. The second kappa shape index (κ2) is 25.7. The van der Waals surface area contributed by atoms with Gasteiger partial charge in [0, 0.05) is 55.1 Å². The highest BCUT2D eigenvalue weighted by Crippen LogP contribution is 2.40. The molecule has 0 unspecified atom stereocenters. The zero-order valence-electron chi connectivity index (χ0n) is 43.1. The molecule has 0 spiro atoms. The topological polar surface area (TPSA) is 220 Å². The van der Waals surface area contributed by atoms with Crippen LogP contribution in [0, 0.1) is 5.92 Å². The summed E-state index contributed by atoms with van der Waals surface area (Å²) in [6.07, 6.45) is 12.4. The molecule has 0 aliphatic carbocycles. The van der Waals surface area contributed by atoms with E-state index in [1.165, 1.54) is 18.6 Å². The number of rotatable bonds is 24. The summed E-state index contributed by atoms with van der Waals surface area (Å²) in [5, 5.41) is 10.6. The third-order valence-electron chi connectivity index (χ3n) is 12.7. The first-order valence-electron chi connectivity index (χ1n) is 25.1. The van der Waals surface area contributed by atoms with Gasteiger partial charge in [-0.25, -0.2) is 9.59 Å². The molecule has 19 heteroatoms. The normalized spacial score (nSPS) is 16.9. The number of ether oxygens (including phenoxy) is 6. The van der Waals surface area contributed by atoms with Gasteiger partial charge in [-0.15, -0.1) is 0 Å². The zero-order chi connectivity index (χ0) is 52.7. The van der Waals surface area contributed by atoms with Crippen LogP contribution >= 0.6 is 0 Å². The van der Waals surface area contributed by atoms with Crippen molar-refractivity contribution in [2.75, 3.05) is 45.4 Å². The van der Waals surface area contributed by atoms with Gasteiger partial charge in [0.1, 0.15) is 25.3 Å². The quantitative estimate of drug-likeness (QED) is 0.0491. The fourth-order valence-corrected chi connectivity index (χ4v) is 8.69. The van der Waals surface area contributed by atoms with Crippen molar-refractivity contribution in [2.45, 2.75) is 110 Å². The van der Waals surface area contributed by atoms with E-state index in [9.17, 15) is 24.0 Å². The molecule has 4 N–H and O–H groups in total. The minimum absolute atomic E-state index is 0.00779. The number of benzene rings is 3. The number of aliphatic imine (C=N–C) groups is 2. The van der Waals surface area contributed by atoms with Crippen LogP contribution in [-0.2, 0) is 32.2 Å². The number of carbonyl (C=O) groups excluding carboxylic acids is 5. The number of anilines is 1. The maximum atomic E-state index is 13.8. The molecule has 0 saturated carbocycles. The Labute approximate surface area is 432 Å². The van der Waals surface area contributed by atoms with Crippen LogP contribution < -0.4 is 40.2 Å². The van der Waals surface area contributed by atoms with E-state index in [0.29, 0.717) is 71.6 Å². The third-order valence-corrected chi connectivity index (χ3v) is 12.7. The van der Waals surface area contributed by atoms with Gasteiger partial charge in [0.25, 0.3) is 5.91 Å². The van der Waals surface area contributed by atoms with Crippen LogP contribution in [0.2, 0.25) is 0 Å². The molecule has 4 heterocycles. The van der Waals surface area contributed by atoms with Gasteiger partial charge < -0.3 is 59.5 Å². The number of methoxy groups -OCH3 is 1. The average molecular weight is 1020 g/mol. The highest BCUT2D eigenvalue weighted by Gasteiger charge is 2.33. The lowest BCUT2D eigenvalue weighted by Crippen LogP contribution is -2.53. The first-order chi connectivity index (χ1) is 35.7. The molecule has 0 radical (unpaired) electrons. The minimum Gasteiger partial charge on any atom is -0.493 e. The van der Waals surface area contributed by atoms with E-state index in [-0.39, 0.29) is 50.3 Å². The Morgan fingerprint density at radius 3 is 2.12 bits per heavy atom. The van der Waals surface area contributed by atoms with E-state index in [4.69, 9.17) is 38.4 Å². The number of fused-ring (bicyclic) bond motifs is 4. The minimum atomic E-state index is -0.921. The number of hydrogen-bond donors (Lipinski definition) is 4. The van der Waals surface area contributed by atoms with Crippen molar-refractivity contribution in [1.82, 2.24) is 25.8 Å². The van der Waals surface area contributed by atoms with Crippen molar-refractivity contribution in [3.8, 4) is 23.0 Å². The molecular weight excluding hydrogens is 949 g/mol. The lowest BCUT2D eigenvalue weighted by atomic mass is 10.0. The summed E-state index contributed by atoms with van der Waals surface area (Å²) in [6, 6.07) is 12.4. The monoisotopic (exact) mass is 1020 g/mol. The molecule has 19 nitrogen and oxygen atoms in total. The Morgan fingerprint density at radius 1 is 0.757 bits per heavy atom. The smallest absolute Gasteiger partial charge is 0.408 e. The predicted molar refractivity (Wildman–Crippen MR) is 281 cm³/mol. The van der Waals surface area contributed by atoms with Crippen LogP contribution in [0.5, 0.6) is 23.0 Å². The zero-order valence-corrected chi connectivity index (χ0v) is 43.1. The van der Waals surface area contributed by atoms with Gasteiger partial charge in [-0.3, -0.25) is 24.4 Å². The molecule has 3 aromatic rings. The van der Waals surface area contributed by atoms with Crippen LogP contribution in [0.25, 0.3) is 0 Å². The van der Waals surface area contributed by atoms with E-state index in [1.807, 2.05) is 31.5 Å². The molecule has 7 rings (SSSR count). The summed E-state index contributed by atoms with van der Waals surface area (Å²) in [4.78, 5) is 77.7. The Balaban J connectivity index is 0.846. The Hall–Kier alpha value is -7.83. The number of unbranched alkanes of at least 4 members (excludes halogenated alkanes) is 2. The average Bonchev–Trinajstić information content (AvgIpc) is 3.85. The first kappa shape index (κ1) is 54.0. The number of nitrogens with one attached hydrogen (secondary N) is 4. The van der Waals surface area contributed by atoms with Crippen molar-refractivity contribution in [2.24, 2.45) is 15.9 Å². The van der Waals surface area contributed by atoms with E-state index in [2.05, 4.69) is 45.9 Å². The molecule has 74 heavy (non-hydrogen) atoms. The van der Waals surface area contributed by atoms with Crippen LogP contribution in [0.3, 0.4) is 0 Å². The van der Waals surface area contributed by atoms with Crippen LogP contribution in [0.1, 0.15) is 94.6 Å². The molecule has 4 aliphatic rings. The largest absolute Gasteiger partial charge is 0.493 e. The molecule has 4 aliphatic heterocycles. The number of hydrogen-bond acceptors (Lipinski definition) is 14. The van der Waals surface area contributed by atoms with Gasteiger partial charge in [-0.2, -0.15) is 0 Å². The van der Waals surface area contributed by atoms with Crippen LogP contribution in [0.15, 0.2) is 94.7 Å². The summed E-state index contributed by atoms with van der Waals surface area (Å²) in [5.74, 6) is 0.758. The fraction of sp³-hybridized carbons (Fsp3) is 0.436. The van der Waals surface area contributed by atoms with Crippen LogP contribution in [0.4, 0.5) is 26.7 Å². The first-order valence-corrected chi connectivity index (χ1v) is 25.1. The van der Waals surface area contributed by atoms with Crippen molar-refractivity contribution in [1.29, 1.82) is 0 Å². The van der Waals surface area contributed by atoms with Gasteiger partial charge >= 0.3 is 12.2 Å². The maximum Gasteiger partial charge on any atom is 0.408 e. The second-order valence-corrected chi connectivity index (χ2v) is 19.0. The molecule has 0 saturated heterocycles. The van der Waals surface area contributed by atoms with Gasteiger partial charge in [0.2, 0.25) is 11.8 Å². The van der Waals surface area contributed by atoms with E-state index >= 15 is 0 Å². The highest BCUT2D eigenvalue weighted by atomic mass is 16.6. The Morgan fingerprint density at radius 2 is 1.41 bits per heavy atom. The molecular formula is C55H68N8O11. The van der Waals surface area contributed by atoms with Gasteiger partial charge in [0.15, 0.2) is 23.0 Å². The summed E-state index contributed by atoms with van der Waals surface area (Å²) in [7, 11) is 1.65. The van der Waals surface area contributed by atoms with Gasteiger partial charge in [-0.05, 0) is 101 Å². The van der Waals surface area contributed by atoms with E-state index < -0.39 is 36.1 Å². The number of alkyl carbamates (subject to hydrolysis) is 2. The fourth-order valence-electron chi connectivity index (χ4n) is 8.69. The molecule has 4 atom stereocenters. The van der Waals surface area contributed by atoms with Gasteiger partial charge in [0.05, 0.1) is 56.0 Å². The van der Waals surface area contributed by atoms with Crippen molar-refractivity contribution in [3.05, 3.63) is 101 Å². The van der Waals surface area contributed by atoms with Crippen molar-refractivity contribution in [3.63, 3.8) is 0 Å². The number of nitrogens with zero attached hydrogens (tertiary/aromatic N) is 4. The highest BCUT2D eigenvalue weighted by molar-refractivity contribution is 6.04. The Bertz CT molecular complexity index is 2660. The molecule has 0 fully saturated rings. The number of amides is 5. The molecule has 5 amide bonds. The SMILES string of the molecule is C=CCOC(=O)N[C@H](C(=O)N[C@@H](C)C(=O)Nc1ccc(COC(=O)NCCCOc2cc3c(cc2OCCCCCOc2cc4c(cc2OC)CN2C=C(C)C[C@H]2C=N4)N=C[C@@H]2CC(C)=CN2C3=O)cc1)C(C)C. The summed E-state index contributed by atoms with van der Waals surface area (Å²) in [5.41, 5.74) is 6.49. The standard InChI is InChI=1S/C55H68N8O11/c1-8-18-73-55(68)61-50(34(2)3)52(65)59-37(6)51(64)60-40-15-13-38(14-16-40)33-74-54(67)56-17-12-21-72-47-25-43-45(58-29-42-23-36(5)31-63(42)53(43)66)27-49(47)71-20-11-9-10-19-70-48-26-44-39(24-46(48)69-7)32-62-30-35(4)22-41(62)28-57-44/h8,13-16,24-31,34,37,41-42,50H,1,9-12,17-23,32-33H2,2-7H3,(H,56,67)(H,59,65)(H,60,64)(H,61,68)/t37-,41-,42-,50-/m0/s1. The van der Waals surface area contributed by atoms with E-state index in [1.54, 1.807) is 68.5 Å². The Kier molecular flexibility index (Phi) is 18.7. The summed E-state index contributed by atoms with van der Waals surface area (Å²) >= 11 is 0. The summed E-state index contributed by atoms with van der Waals surface area (Å²) in [6.45, 7) is 14.7.